The van der Waals surface area contributed by atoms with E-state index in [1.165, 1.54) is 11.3 Å². The van der Waals surface area contributed by atoms with Crippen molar-refractivity contribution in [3.05, 3.63) is 69.8 Å². The molecule has 154 valence electrons. The highest BCUT2D eigenvalue weighted by Gasteiger charge is 2.25. The van der Waals surface area contributed by atoms with Gasteiger partial charge < -0.3 is 20.8 Å². The molecule has 8 heteroatoms. The second-order valence-electron chi connectivity index (χ2n) is 6.80. The Morgan fingerprint density at radius 3 is 2.83 bits per heavy atom. The second-order valence-corrected chi connectivity index (χ2v) is 8.62. The molecule has 3 heterocycles. The SMILES string of the molecule is COc1c(C(=O)NC(CN)Cc2ccccc2)sc(-c2ccnc3[nH]ccc23)c1Br. The van der Waals surface area contributed by atoms with Gasteiger partial charge in [-0.1, -0.05) is 30.3 Å². The Morgan fingerprint density at radius 2 is 2.10 bits per heavy atom. The molecular weight excluding hydrogens is 464 g/mol. The summed E-state index contributed by atoms with van der Waals surface area (Å²) in [5, 5.41) is 4.04. The van der Waals surface area contributed by atoms with Crippen molar-refractivity contribution < 1.29 is 9.53 Å². The first-order valence-corrected chi connectivity index (χ1v) is 11.1. The van der Waals surface area contributed by atoms with E-state index in [2.05, 4.69) is 31.2 Å². The van der Waals surface area contributed by atoms with Gasteiger partial charge in [0, 0.05) is 35.9 Å². The van der Waals surface area contributed by atoms with Gasteiger partial charge >= 0.3 is 0 Å². The fourth-order valence-electron chi connectivity index (χ4n) is 3.40. The minimum atomic E-state index is -0.199. The maximum absolute atomic E-state index is 13.1. The van der Waals surface area contributed by atoms with Gasteiger partial charge in [0.1, 0.15) is 10.5 Å². The van der Waals surface area contributed by atoms with E-state index in [0.29, 0.717) is 23.6 Å². The molecule has 0 fully saturated rings. The van der Waals surface area contributed by atoms with E-state index in [4.69, 9.17) is 10.5 Å². The average molecular weight is 485 g/mol. The number of thiophene rings is 1. The molecule has 0 saturated heterocycles. The Morgan fingerprint density at radius 1 is 1.30 bits per heavy atom. The van der Waals surface area contributed by atoms with Crippen LogP contribution in [0.5, 0.6) is 5.75 Å². The third-order valence-corrected chi connectivity index (χ3v) is 7.09. The van der Waals surface area contributed by atoms with Crippen LogP contribution in [0.3, 0.4) is 0 Å². The minimum absolute atomic E-state index is 0.175. The Kier molecular flexibility index (Phi) is 6.17. The van der Waals surface area contributed by atoms with Crippen LogP contribution in [0.15, 0.2) is 59.3 Å². The second kappa shape index (κ2) is 8.99. The summed E-state index contributed by atoms with van der Waals surface area (Å²) in [6.45, 7) is 0.344. The van der Waals surface area contributed by atoms with Crippen molar-refractivity contribution in [2.45, 2.75) is 12.5 Å². The summed E-state index contributed by atoms with van der Waals surface area (Å²) >= 11 is 5.01. The maximum atomic E-state index is 13.1. The zero-order valence-corrected chi connectivity index (χ0v) is 18.7. The number of H-pyrrole nitrogens is 1. The highest BCUT2D eigenvalue weighted by molar-refractivity contribution is 9.10. The van der Waals surface area contributed by atoms with E-state index in [1.807, 2.05) is 48.7 Å². The van der Waals surface area contributed by atoms with Crippen molar-refractivity contribution in [2.75, 3.05) is 13.7 Å². The molecule has 0 bridgehead atoms. The van der Waals surface area contributed by atoms with Crippen LogP contribution in [0.2, 0.25) is 0 Å². The number of aromatic nitrogens is 2. The molecule has 3 aromatic heterocycles. The lowest BCUT2D eigenvalue weighted by atomic mass is 10.1. The Labute approximate surface area is 186 Å². The summed E-state index contributed by atoms with van der Waals surface area (Å²) in [5.41, 5.74) is 8.83. The van der Waals surface area contributed by atoms with Gasteiger partial charge in [-0.15, -0.1) is 11.3 Å². The molecule has 4 N–H and O–H groups in total. The van der Waals surface area contributed by atoms with Gasteiger partial charge in [-0.05, 0) is 40.0 Å². The number of nitrogens with one attached hydrogen (secondary N) is 2. The third-order valence-electron chi connectivity index (χ3n) is 4.87. The standard InChI is InChI=1S/C22H21BrN4O2S/c1-29-18-17(23)19(15-7-9-25-21-16(15)8-10-26-21)30-20(18)22(28)27-14(12-24)11-13-5-3-2-4-6-13/h2-10,14H,11-12,24H2,1H3,(H,25,26)(H,27,28). The summed E-state index contributed by atoms with van der Waals surface area (Å²) in [5.74, 6) is 0.318. The fourth-order valence-corrected chi connectivity index (χ4v) is 5.45. The van der Waals surface area contributed by atoms with Crippen molar-refractivity contribution in [1.82, 2.24) is 15.3 Å². The molecule has 0 spiro atoms. The van der Waals surface area contributed by atoms with Gasteiger partial charge in [0.2, 0.25) is 0 Å². The summed E-state index contributed by atoms with van der Waals surface area (Å²) in [7, 11) is 1.57. The van der Waals surface area contributed by atoms with E-state index in [0.717, 1.165) is 31.5 Å². The average Bonchev–Trinajstić information content (AvgIpc) is 3.38. The molecule has 1 aromatic carbocycles. The van der Waals surface area contributed by atoms with Crippen molar-refractivity contribution >= 4 is 44.2 Å². The molecule has 6 nitrogen and oxygen atoms in total. The normalized spacial score (nSPS) is 12.1. The summed E-state index contributed by atoms with van der Waals surface area (Å²) < 4.78 is 6.33. The zero-order chi connectivity index (χ0) is 21.1. The van der Waals surface area contributed by atoms with Crippen LogP contribution < -0.4 is 15.8 Å². The Balaban J connectivity index is 1.64. The van der Waals surface area contributed by atoms with Gasteiger partial charge in [-0.25, -0.2) is 4.98 Å². The predicted molar refractivity (Wildman–Crippen MR) is 124 cm³/mol. The molecule has 0 aliphatic rings. The van der Waals surface area contributed by atoms with Crippen LogP contribution >= 0.6 is 27.3 Å². The summed E-state index contributed by atoms with van der Waals surface area (Å²) in [4.78, 5) is 22.0. The zero-order valence-electron chi connectivity index (χ0n) is 16.3. The van der Waals surface area contributed by atoms with E-state index >= 15 is 0 Å². The number of pyridine rings is 1. The van der Waals surface area contributed by atoms with Crippen LogP contribution in [-0.4, -0.2) is 35.6 Å². The summed E-state index contributed by atoms with van der Waals surface area (Å²) in [6, 6.07) is 13.7. The number of carbonyl (C=O) groups excluding carboxylic acids is 1. The van der Waals surface area contributed by atoms with Gasteiger partial charge in [-0.3, -0.25) is 4.79 Å². The number of fused-ring (bicyclic) bond motifs is 1. The van der Waals surface area contributed by atoms with Crippen molar-refractivity contribution in [2.24, 2.45) is 5.73 Å². The first-order valence-electron chi connectivity index (χ1n) is 9.46. The van der Waals surface area contributed by atoms with Crippen LogP contribution in [0.4, 0.5) is 0 Å². The van der Waals surface area contributed by atoms with Crippen LogP contribution in [-0.2, 0) is 6.42 Å². The Bertz CT molecular complexity index is 1170. The summed E-state index contributed by atoms with van der Waals surface area (Å²) in [6.07, 6.45) is 4.26. The lowest BCUT2D eigenvalue weighted by Gasteiger charge is -2.17. The topological polar surface area (TPSA) is 93.0 Å². The number of nitrogens with two attached hydrogens (primary N) is 1. The van der Waals surface area contributed by atoms with Crippen molar-refractivity contribution in [1.29, 1.82) is 0 Å². The number of nitrogens with zero attached hydrogens (tertiary/aromatic N) is 1. The monoisotopic (exact) mass is 484 g/mol. The van der Waals surface area contributed by atoms with E-state index < -0.39 is 0 Å². The maximum Gasteiger partial charge on any atom is 0.265 e. The smallest absolute Gasteiger partial charge is 0.265 e. The molecule has 1 atom stereocenters. The quantitative estimate of drug-likeness (QED) is 0.363. The van der Waals surface area contributed by atoms with E-state index in [1.54, 1.807) is 13.3 Å². The minimum Gasteiger partial charge on any atom is -0.494 e. The van der Waals surface area contributed by atoms with Gasteiger partial charge in [0.05, 0.1) is 16.5 Å². The Hall–Kier alpha value is -2.68. The fraction of sp³-hybridized carbons (Fsp3) is 0.182. The number of carbonyl (C=O) groups is 1. The lowest BCUT2D eigenvalue weighted by Crippen LogP contribution is -2.41. The van der Waals surface area contributed by atoms with Gasteiger partial charge in [0.25, 0.3) is 5.91 Å². The highest BCUT2D eigenvalue weighted by atomic mass is 79.9. The number of aromatic amines is 1. The van der Waals surface area contributed by atoms with E-state index in [-0.39, 0.29) is 11.9 Å². The highest BCUT2D eigenvalue weighted by Crippen LogP contribution is 2.46. The van der Waals surface area contributed by atoms with Crippen molar-refractivity contribution in [3.8, 4) is 16.2 Å². The number of hydrogen-bond donors (Lipinski definition) is 3. The first kappa shape index (κ1) is 20.6. The molecule has 1 amide bonds. The van der Waals surface area contributed by atoms with Crippen LogP contribution in [0.25, 0.3) is 21.5 Å². The molecule has 0 aliphatic heterocycles. The number of amides is 1. The molecule has 0 saturated carbocycles. The third kappa shape index (κ3) is 3.98. The molecule has 1 unspecified atom stereocenters. The molecular formula is C22H21BrN4O2S. The molecule has 30 heavy (non-hydrogen) atoms. The van der Waals surface area contributed by atoms with Crippen LogP contribution in [0.1, 0.15) is 15.2 Å². The number of halogens is 1. The number of methoxy groups -OCH3 is 1. The number of benzene rings is 1. The van der Waals surface area contributed by atoms with Gasteiger partial charge in [0.15, 0.2) is 5.75 Å². The molecule has 4 aromatic rings. The number of ether oxygens (including phenoxy) is 1. The van der Waals surface area contributed by atoms with E-state index in [9.17, 15) is 4.79 Å². The number of rotatable bonds is 7. The molecule has 0 aliphatic carbocycles. The molecule has 0 radical (unpaired) electrons. The van der Waals surface area contributed by atoms with Crippen LogP contribution in [0, 0.1) is 0 Å². The van der Waals surface area contributed by atoms with Gasteiger partial charge in [-0.2, -0.15) is 0 Å². The lowest BCUT2D eigenvalue weighted by molar-refractivity contribution is 0.0939. The number of hydrogen-bond acceptors (Lipinski definition) is 5. The largest absolute Gasteiger partial charge is 0.494 e. The van der Waals surface area contributed by atoms with Crippen molar-refractivity contribution in [3.63, 3.8) is 0 Å². The first-order chi connectivity index (χ1) is 14.6. The molecule has 4 rings (SSSR count). The predicted octanol–water partition coefficient (Wildman–Crippen LogP) is 4.36.